The SMILES string of the molecule is Cn1cc(-c2cc3c(-c4cccc(N5CCCC(NC(=O)O)CC5)n4)nn(C4CCCCO4)c3cn2)cn1. The van der Waals surface area contributed by atoms with E-state index in [-0.39, 0.29) is 12.3 Å². The number of pyridine rings is 2. The summed E-state index contributed by atoms with van der Waals surface area (Å²) in [5.41, 5.74) is 4.28. The lowest BCUT2D eigenvalue weighted by atomic mass is 10.1. The molecule has 0 spiro atoms. The number of hydrogen-bond acceptors (Lipinski definition) is 7. The summed E-state index contributed by atoms with van der Waals surface area (Å²) < 4.78 is 9.83. The second-order valence-corrected chi connectivity index (χ2v) is 10.0. The van der Waals surface area contributed by atoms with E-state index in [0.29, 0.717) is 0 Å². The second kappa shape index (κ2) is 10.4. The highest BCUT2D eigenvalue weighted by Crippen LogP contribution is 2.34. The van der Waals surface area contributed by atoms with E-state index in [1.165, 1.54) is 0 Å². The summed E-state index contributed by atoms with van der Waals surface area (Å²) in [6.45, 7) is 2.29. The molecule has 0 saturated carbocycles. The number of hydrogen-bond donors (Lipinski definition) is 2. The summed E-state index contributed by atoms with van der Waals surface area (Å²) in [5, 5.41) is 22.1. The molecule has 4 aromatic rings. The quantitative estimate of drug-likeness (QED) is 0.404. The largest absolute Gasteiger partial charge is 0.465 e. The molecule has 0 aromatic carbocycles. The molecule has 2 aliphatic heterocycles. The topological polar surface area (TPSA) is 123 Å². The van der Waals surface area contributed by atoms with Crippen molar-refractivity contribution in [1.29, 1.82) is 0 Å². The zero-order valence-electron chi connectivity index (χ0n) is 21.5. The normalized spacial score (nSPS) is 20.4. The molecule has 0 bridgehead atoms. The number of nitrogens with zero attached hydrogens (tertiary/aromatic N) is 7. The molecule has 2 saturated heterocycles. The Bertz CT molecular complexity index is 1440. The van der Waals surface area contributed by atoms with Gasteiger partial charge in [0.25, 0.3) is 0 Å². The predicted molar refractivity (Wildman–Crippen MR) is 143 cm³/mol. The number of rotatable bonds is 5. The van der Waals surface area contributed by atoms with Crippen LogP contribution in [0.1, 0.15) is 44.8 Å². The van der Waals surface area contributed by atoms with E-state index in [2.05, 4.69) is 21.4 Å². The Morgan fingerprint density at radius 3 is 2.82 bits per heavy atom. The molecule has 11 nitrogen and oxygen atoms in total. The van der Waals surface area contributed by atoms with Crippen molar-refractivity contribution in [3.63, 3.8) is 0 Å². The van der Waals surface area contributed by atoms with E-state index >= 15 is 0 Å². The van der Waals surface area contributed by atoms with Crippen LogP contribution in [0.4, 0.5) is 10.6 Å². The number of nitrogens with one attached hydrogen (secondary N) is 1. The third kappa shape index (κ3) is 4.93. The number of aryl methyl sites for hydroxylation is 1. The van der Waals surface area contributed by atoms with Gasteiger partial charge >= 0.3 is 6.09 Å². The summed E-state index contributed by atoms with van der Waals surface area (Å²) >= 11 is 0. The lowest BCUT2D eigenvalue weighted by Gasteiger charge is -2.23. The fourth-order valence-electron chi connectivity index (χ4n) is 5.45. The summed E-state index contributed by atoms with van der Waals surface area (Å²) in [4.78, 5) is 23.1. The summed E-state index contributed by atoms with van der Waals surface area (Å²) in [6, 6.07) is 8.06. The Morgan fingerprint density at radius 1 is 1.11 bits per heavy atom. The van der Waals surface area contributed by atoms with Crippen LogP contribution < -0.4 is 10.2 Å². The van der Waals surface area contributed by atoms with Crippen molar-refractivity contribution in [2.24, 2.45) is 7.05 Å². The van der Waals surface area contributed by atoms with Crippen LogP contribution in [0, 0.1) is 0 Å². The molecule has 38 heavy (non-hydrogen) atoms. The molecule has 2 fully saturated rings. The molecule has 2 aliphatic rings. The highest BCUT2D eigenvalue weighted by atomic mass is 16.5. The minimum Gasteiger partial charge on any atom is -0.465 e. The monoisotopic (exact) mass is 516 g/mol. The molecule has 0 aliphatic carbocycles. The van der Waals surface area contributed by atoms with E-state index in [0.717, 1.165) is 97.6 Å². The molecule has 2 unspecified atom stereocenters. The van der Waals surface area contributed by atoms with Gasteiger partial charge in [0, 0.05) is 49.9 Å². The lowest BCUT2D eigenvalue weighted by molar-refractivity contribution is -0.0365. The predicted octanol–water partition coefficient (Wildman–Crippen LogP) is 4.22. The fourth-order valence-corrected chi connectivity index (χ4v) is 5.45. The van der Waals surface area contributed by atoms with Crippen molar-refractivity contribution in [3.8, 4) is 22.6 Å². The minimum atomic E-state index is -0.965. The van der Waals surface area contributed by atoms with Crippen LogP contribution in [0.25, 0.3) is 33.5 Å². The van der Waals surface area contributed by atoms with E-state index in [1.807, 2.05) is 48.5 Å². The van der Waals surface area contributed by atoms with Gasteiger partial charge in [0.05, 0.1) is 29.3 Å². The Labute approximate surface area is 220 Å². The Kier molecular flexibility index (Phi) is 6.67. The van der Waals surface area contributed by atoms with Crippen molar-refractivity contribution < 1.29 is 14.6 Å². The maximum absolute atomic E-state index is 11.1. The van der Waals surface area contributed by atoms with Gasteiger partial charge in [-0.2, -0.15) is 10.2 Å². The molecule has 11 heteroatoms. The van der Waals surface area contributed by atoms with Crippen LogP contribution in [-0.2, 0) is 11.8 Å². The molecule has 6 heterocycles. The van der Waals surface area contributed by atoms with Crippen LogP contribution in [-0.4, -0.2) is 66.5 Å². The highest BCUT2D eigenvalue weighted by Gasteiger charge is 2.24. The first kappa shape index (κ1) is 24.4. The lowest BCUT2D eigenvalue weighted by Crippen LogP contribution is -2.34. The van der Waals surface area contributed by atoms with Crippen molar-refractivity contribution in [1.82, 2.24) is 34.8 Å². The van der Waals surface area contributed by atoms with Crippen molar-refractivity contribution in [2.45, 2.75) is 50.8 Å². The first-order chi connectivity index (χ1) is 18.5. The molecule has 2 N–H and O–H groups in total. The van der Waals surface area contributed by atoms with Gasteiger partial charge in [0.15, 0.2) is 6.23 Å². The van der Waals surface area contributed by atoms with Crippen LogP contribution in [0.3, 0.4) is 0 Å². The van der Waals surface area contributed by atoms with Crippen LogP contribution in [0.15, 0.2) is 42.9 Å². The van der Waals surface area contributed by atoms with Gasteiger partial charge in [-0.15, -0.1) is 0 Å². The second-order valence-electron chi connectivity index (χ2n) is 10.0. The Morgan fingerprint density at radius 2 is 2.03 bits per heavy atom. The molecule has 6 rings (SSSR count). The van der Waals surface area contributed by atoms with Crippen LogP contribution in [0.5, 0.6) is 0 Å². The number of carbonyl (C=O) groups is 1. The van der Waals surface area contributed by atoms with Gasteiger partial charge < -0.3 is 20.1 Å². The molecule has 198 valence electrons. The number of carboxylic acid groups (broad SMARTS) is 1. The Balaban J connectivity index is 1.38. The molecular formula is C27H32N8O3. The van der Waals surface area contributed by atoms with Crippen molar-refractivity contribution in [3.05, 3.63) is 42.9 Å². The smallest absolute Gasteiger partial charge is 0.404 e. The van der Waals surface area contributed by atoms with Gasteiger partial charge in [0.1, 0.15) is 11.5 Å². The number of anilines is 1. The van der Waals surface area contributed by atoms with Gasteiger partial charge in [-0.3, -0.25) is 9.67 Å². The van der Waals surface area contributed by atoms with Gasteiger partial charge in [-0.25, -0.2) is 14.5 Å². The van der Waals surface area contributed by atoms with E-state index < -0.39 is 6.09 Å². The standard InChI is InChI=1S/C27H32N8O3/c1-33-17-18(15-29-33)22-14-20-23(16-28-22)35(25-9-2-3-13-38-25)32-26(20)21-7-4-8-24(31-21)34-11-5-6-19(10-12-34)30-27(36)37/h4,7-8,14-17,19,25,30H,2-3,5-6,9-13H2,1H3,(H,36,37). The molecule has 4 aromatic heterocycles. The maximum Gasteiger partial charge on any atom is 0.404 e. The molecular weight excluding hydrogens is 484 g/mol. The molecule has 0 radical (unpaired) electrons. The van der Waals surface area contributed by atoms with Gasteiger partial charge in [-0.05, 0) is 56.7 Å². The van der Waals surface area contributed by atoms with Gasteiger partial charge in [0.2, 0.25) is 0 Å². The average molecular weight is 517 g/mol. The zero-order chi connectivity index (χ0) is 26.1. The number of fused-ring (bicyclic) bond motifs is 1. The molecule has 1 amide bonds. The molecule has 2 atom stereocenters. The van der Waals surface area contributed by atoms with Crippen molar-refractivity contribution >= 4 is 22.8 Å². The minimum absolute atomic E-state index is 0.0331. The maximum atomic E-state index is 11.1. The average Bonchev–Trinajstić information content (AvgIpc) is 3.46. The number of amides is 1. The van der Waals surface area contributed by atoms with Crippen LogP contribution in [0.2, 0.25) is 0 Å². The van der Waals surface area contributed by atoms with Gasteiger partial charge in [-0.1, -0.05) is 6.07 Å². The Hall–Kier alpha value is -3.99. The third-order valence-corrected chi connectivity index (χ3v) is 7.38. The van der Waals surface area contributed by atoms with Crippen molar-refractivity contribution in [2.75, 3.05) is 24.6 Å². The first-order valence-electron chi connectivity index (χ1n) is 13.3. The zero-order valence-corrected chi connectivity index (χ0v) is 21.5. The number of ether oxygens (including phenoxy) is 1. The van der Waals surface area contributed by atoms with E-state index in [1.54, 1.807) is 4.68 Å². The first-order valence-corrected chi connectivity index (χ1v) is 13.3. The third-order valence-electron chi connectivity index (χ3n) is 7.38. The summed E-state index contributed by atoms with van der Waals surface area (Å²) in [5.74, 6) is 0.872. The van der Waals surface area contributed by atoms with E-state index in [9.17, 15) is 4.79 Å². The summed E-state index contributed by atoms with van der Waals surface area (Å²) in [6.07, 6.45) is 10.1. The van der Waals surface area contributed by atoms with Crippen LogP contribution >= 0.6 is 0 Å². The van der Waals surface area contributed by atoms with E-state index in [4.69, 9.17) is 24.9 Å². The highest BCUT2D eigenvalue weighted by molar-refractivity contribution is 5.94. The fraction of sp³-hybridized carbons (Fsp3) is 0.444. The summed E-state index contributed by atoms with van der Waals surface area (Å²) in [7, 11) is 1.89. The number of aromatic nitrogens is 6.